The fraction of sp³-hybridized carbons (Fsp3) is 0.0870. The van der Waals surface area contributed by atoms with Crippen LogP contribution in [0.4, 0.5) is 0 Å². The maximum atomic E-state index is 11.7. The van der Waals surface area contributed by atoms with E-state index in [2.05, 4.69) is 4.98 Å². The zero-order chi connectivity index (χ0) is 20.4. The lowest BCUT2D eigenvalue weighted by Gasteiger charge is -2.09. The van der Waals surface area contributed by atoms with Crippen LogP contribution in [0.25, 0.3) is 33.2 Å². The molecule has 0 aliphatic carbocycles. The van der Waals surface area contributed by atoms with Crippen molar-refractivity contribution in [2.45, 2.75) is 13.0 Å². The van der Waals surface area contributed by atoms with Gasteiger partial charge in [0.1, 0.15) is 5.69 Å². The summed E-state index contributed by atoms with van der Waals surface area (Å²) in [5.74, 6) is -2.08. The number of carboxylic acid groups (broad SMARTS) is 2. The minimum atomic E-state index is -1.10. The highest BCUT2D eigenvalue weighted by molar-refractivity contribution is 6.01. The van der Waals surface area contributed by atoms with Crippen LogP contribution in [0.1, 0.15) is 16.9 Å². The van der Waals surface area contributed by atoms with Crippen LogP contribution < -0.4 is 0 Å². The molecular formula is C23H18N2O4. The first-order valence-electron chi connectivity index (χ1n) is 9.13. The second kappa shape index (κ2) is 7.59. The molecule has 29 heavy (non-hydrogen) atoms. The maximum Gasteiger partial charge on any atom is 0.352 e. The van der Waals surface area contributed by atoms with Crippen LogP contribution in [0.5, 0.6) is 0 Å². The summed E-state index contributed by atoms with van der Waals surface area (Å²) >= 11 is 0. The molecular weight excluding hydrogens is 368 g/mol. The first-order chi connectivity index (χ1) is 14.0. The van der Waals surface area contributed by atoms with Gasteiger partial charge in [0, 0.05) is 23.7 Å². The lowest BCUT2D eigenvalue weighted by Crippen LogP contribution is -2.11. The summed E-state index contributed by atoms with van der Waals surface area (Å²) in [5, 5.41) is 19.3. The number of hydrogen-bond donors (Lipinski definition) is 2. The number of aliphatic carboxylic acids is 1. The number of benzene rings is 2. The van der Waals surface area contributed by atoms with Gasteiger partial charge in [0.25, 0.3) is 0 Å². The lowest BCUT2D eigenvalue weighted by atomic mass is 9.98. The molecule has 6 nitrogen and oxygen atoms in total. The van der Waals surface area contributed by atoms with Crippen LogP contribution in [0.15, 0.2) is 73.1 Å². The Morgan fingerprint density at radius 2 is 1.59 bits per heavy atom. The van der Waals surface area contributed by atoms with E-state index in [1.165, 1.54) is 4.57 Å². The van der Waals surface area contributed by atoms with Gasteiger partial charge in [-0.2, -0.15) is 0 Å². The third kappa shape index (κ3) is 3.60. The molecule has 0 aliphatic heterocycles. The summed E-state index contributed by atoms with van der Waals surface area (Å²) in [6, 6.07) is 19.5. The Morgan fingerprint density at radius 1 is 0.862 bits per heavy atom. The molecule has 2 heterocycles. The van der Waals surface area contributed by atoms with Gasteiger partial charge in [-0.05, 0) is 28.8 Å². The first kappa shape index (κ1) is 18.4. The second-order valence-corrected chi connectivity index (χ2v) is 6.70. The van der Waals surface area contributed by atoms with Gasteiger partial charge in [0.2, 0.25) is 0 Å². The zero-order valence-corrected chi connectivity index (χ0v) is 15.4. The van der Waals surface area contributed by atoms with Crippen LogP contribution in [-0.2, 0) is 11.3 Å². The molecule has 0 unspecified atom stereocenters. The highest BCUT2D eigenvalue weighted by atomic mass is 16.4. The quantitative estimate of drug-likeness (QED) is 0.507. The molecule has 0 aliphatic rings. The number of aromatic nitrogens is 2. The van der Waals surface area contributed by atoms with E-state index in [4.69, 9.17) is 5.11 Å². The highest BCUT2D eigenvalue weighted by Gasteiger charge is 2.18. The number of nitrogens with zero attached hydrogens (tertiary/aromatic N) is 2. The van der Waals surface area contributed by atoms with Crippen LogP contribution in [0.3, 0.4) is 0 Å². The first-order valence-corrected chi connectivity index (χ1v) is 9.13. The van der Waals surface area contributed by atoms with Gasteiger partial charge < -0.3 is 14.8 Å². The van der Waals surface area contributed by atoms with E-state index in [9.17, 15) is 14.7 Å². The van der Waals surface area contributed by atoms with Gasteiger partial charge >= 0.3 is 11.9 Å². The van der Waals surface area contributed by atoms with Crippen molar-refractivity contribution in [3.05, 3.63) is 78.8 Å². The number of pyridine rings is 1. The normalized spacial score (nSPS) is 10.9. The molecule has 0 spiro atoms. The van der Waals surface area contributed by atoms with Crippen molar-refractivity contribution in [2.24, 2.45) is 0 Å². The molecule has 2 N–H and O–H groups in total. The van der Waals surface area contributed by atoms with Crippen molar-refractivity contribution in [1.82, 2.24) is 9.55 Å². The fourth-order valence-electron chi connectivity index (χ4n) is 3.52. The second-order valence-electron chi connectivity index (χ2n) is 6.70. The molecule has 4 aromatic rings. The summed E-state index contributed by atoms with van der Waals surface area (Å²) < 4.78 is 1.50. The zero-order valence-electron chi connectivity index (χ0n) is 15.4. The van der Waals surface area contributed by atoms with Gasteiger partial charge in [-0.15, -0.1) is 0 Å². The predicted molar refractivity (Wildman–Crippen MR) is 110 cm³/mol. The molecule has 0 saturated heterocycles. The van der Waals surface area contributed by atoms with Crippen molar-refractivity contribution in [1.29, 1.82) is 0 Å². The molecule has 0 radical (unpaired) electrons. The molecule has 0 fully saturated rings. The number of hydrogen-bond acceptors (Lipinski definition) is 3. The smallest absolute Gasteiger partial charge is 0.352 e. The van der Waals surface area contributed by atoms with Crippen molar-refractivity contribution in [2.75, 3.05) is 0 Å². The highest BCUT2D eigenvalue weighted by Crippen LogP contribution is 2.33. The summed E-state index contributed by atoms with van der Waals surface area (Å²) in [5.41, 5.74) is 4.50. The Morgan fingerprint density at radius 3 is 2.31 bits per heavy atom. The van der Waals surface area contributed by atoms with E-state index < -0.39 is 11.9 Å². The number of aromatic carboxylic acids is 1. The molecule has 0 bridgehead atoms. The number of carboxylic acids is 2. The Labute approximate surface area is 166 Å². The molecule has 6 heteroatoms. The number of carbonyl (C=O) groups is 2. The van der Waals surface area contributed by atoms with Crippen molar-refractivity contribution in [3.8, 4) is 22.3 Å². The molecule has 4 rings (SSSR count). The average molecular weight is 386 g/mol. The van der Waals surface area contributed by atoms with Gasteiger partial charge in [-0.1, -0.05) is 48.5 Å². The van der Waals surface area contributed by atoms with Crippen LogP contribution in [0, 0.1) is 0 Å². The van der Waals surface area contributed by atoms with Crippen molar-refractivity contribution < 1.29 is 19.8 Å². The van der Waals surface area contributed by atoms with Gasteiger partial charge in [0.15, 0.2) is 0 Å². The standard InChI is InChI=1S/C23H18N2O4/c26-22(27)9-10-25-20(23(28)29)12-18-19(13-24-14-21(18)25)17-8-4-7-16(11-17)15-5-2-1-3-6-15/h1-8,11-14H,9-10H2,(H,26,27)(H,28,29). The van der Waals surface area contributed by atoms with Crippen LogP contribution in [0.2, 0.25) is 0 Å². The van der Waals surface area contributed by atoms with E-state index in [0.717, 1.165) is 27.6 Å². The lowest BCUT2D eigenvalue weighted by molar-refractivity contribution is -0.137. The molecule has 144 valence electrons. The van der Waals surface area contributed by atoms with Gasteiger partial charge in [0.05, 0.1) is 18.1 Å². The average Bonchev–Trinajstić information content (AvgIpc) is 3.12. The van der Waals surface area contributed by atoms with Gasteiger partial charge in [-0.3, -0.25) is 9.78 Å². The Balaban J connectivity index is 1.86. The maximum absolute atomic E-state index is 11.7. The predicted octanol–water partition coefficient (Wildman–Crippen LogP) is 4.54. The molecule has 2 aromatic heterocycles. The van der Waals surface area contributed by atoms with E-state index in [1.54, 1.807) is 18.5 Å². The summed E-state index contributed by atoms with van der Waals surface area (Å²) in [6.07, 6.45) is 3.12. The SMILES string of the molecule is O=C(O)CCn1c(C(=O)O)cc2c(-c3cccc(-c4ccccc4)c3)cncc21. The minimum Gasteiger partial charge on any atom is -0.481 e. The van der Waals surface area contributed by atoms with Crippen LogP contribution in [-0.4, -0.2) is 31.7 Å². The summed E-state index contributed by atoms with van der Waals surface area (Å²) in [7, 11) is 0. The number of aryl methyl sites for hydroxylation is 1. The molecule has 2 aromatic carbocycles. The Kier molecular flexibility index (Phi) is 4.83. The van der Waals surface area contributed by atoms with E-state index in [-0.39, 0.29) is 18.7 Å². The van der Waals surface area contributed by atoms with Crippen molar-refractivity contribution >= 4 is 22.8 Å². The Bertz CT molecular complexity index is 1210. The topological polar surface area (TPSA) is 92.4 Å². The summed E-state index contributed by atoms with van der Waals surface area (Å²) in [6.45, 7) is 0.0651. The minimum absolute atomic E-state index is 0.0507. The fourth-order valence-corrected chi connectivity index (χ4v) is 3.52. The van der Waals surface area contributed by atoms with Crippen molar-refractivity contribution in [3.63, 3.8) is 0 Å². The third-order valence-electron chi connectivity index (χ3n) is 4.88. The third-order valence-corrected chi connectivity index (χ3v) is 4.88. The largest absolute Gasteiger partial charge is 0.481 e. The monoisotopic (exact) mass is 386 g/mol. The molecule has 0 atom stereocenters. The number of rotatable bonds is 6. The van der Waals surface area contributed by atoms with E-state index in [0.29, 0.717) is 5.52 Å². The Hall–Kier alpha value is -3.93. The molecule has 0 amide bonds. The van der Waals surface area contributed by atoms with E-state index >= 15 is 0 Å². The van der Waals surface area contributed by atoms with Gasteiger partial charge in [-0.25, -0.2) is 4.79 Å². The van der Waals surface area contributed by atoms with E-state index in [1.807, 2.05) is 54.6 Å². The molecule has 0 saturated carbocycles. The number of fused-ring (bicyclic) bond motifs is 1. The van der Waals surface area contributed by atoms with Crippen LogP contribution >= 0.6 is 0 Å². The summed E-state index contributed by atoms with van der Waals surface area (Å²) in [4.78, 5) is 27.0.